The van der Waals surface area contributed by atoms with Crippen molar-refractivity contribution in [2.24, 2.45) is 0 Å². The van der Waals surface area contributed by atoms with Gasteiger partial charge in [-0.05, 0) is 25.0 Å². The van der Waals surface area contributed by atoms with Crippen molar-refractivity contribution in [3.8, 4) is 0 Å². The van der Waals surface area contributed by atoms with Crippen LogP contribution in [0.5, 0.6) is 0 Å². The van der Waals surface area contributed by atoms with Crippen molar-refractivity contribution in [3.05, 3.63) is 30.3 Å². The maximum Gasteiger partial charge on any atom is 0.146 e. The Kier molecular flexibility index (Phi) is 5.87. The molecule has 1 N–H and O–H groups in total. The van der Waals surface area contributed by atoms with Gasteiger partial charge in [0, 0.05) is 35.9 Å². The Labute approximate surface area is 111 Å². The Morgan fingerprint density at radius 3 is 2.89 bits per heavy atom. The lowest BCUT2D eigenvalue weighted by molar-refractivity contribution is -0.0306. The van der Waals surface area contributed by atoms with E-state index in [1.54, 1.807) is 7.11 Å². The number of hydrogen-bond acceptors (Lipinski definition) is 3. The first-order valence-corrected chi connectivity index (χ1v) is 7.73. The van der Waals surface area contributed by atoms with Gasteiger partial charge >= 0.3 is 0 Å². The minimum atomic E-state index is 0.283. The van der Waals surface area contributed by atoms with Crippen LogP contribution in [0.3, 0.4) is 0 Å². The Hall–Kier alpha value is -0.680. The molecular formula is C14H21NO2S. The van der Waals surface area contributed by atoms with Crippen LogP contribution in [0.4, 0.5) is 0 Å². The number of methoxy groups -OCH3 is 1. The first-order valence-electron chi connectivity index (χ1n) is 6.34. The molecule has 0 aromatic heterocycles. The molecule has 1 aliphatic rings. The summed E-state index contributed by atoms with van der Waals surface area (Å²) in [6.45, 7) is 2.27. The highest BCUT2D eigenvalue weighted by Crippen LogP contribution is 2.30. The third-order valence-corrected chi connectivity index (χ3v) is 5.24. The first kappa shape index (κ1) is 13.7. The summed E-state index contributed by atoms with van der Waals surface area (Å²) in [7, 11) is 1.94. The molecule has 0 spiro atoms. The molecular weight excluding hydrogens is 246 g/mol. The lowest BCUT2D eigenvalue weighted by Gasteiger charge is -2.09. The highest BCUT2D eigenvalue weighted by atomic mass is 32.2. The topological polar surface area (TPSA) is 30.5 Å². The van der Waals surface area contributed by atoms with Gasteiger partial charge in [0.1, 0.15) is 6.79 Å². The summed E-state index contributed by atoms with van der Waals surface area (Å²) < 4.78 is 10.2. The summed E-state index contributed by atoms with van der Waals surface area (Å²) >= 11 is 0. The summed E-state index contributed by atoms with van der Waals surface area (Å²) in [5.74, 6) is 1.23. The van der Waals surface area contributed by atoms with Gasteiger partial charge in [-0.2, -0.15) is 0 Å². The SMILES string of the molecule is COCOCCCC1=S(c2ccccc2)CCN1. The largest absolute Gasteiger partial charge is 0.359 e. The smallest absolute Gasteiger partial charge is 0.146 e. The molecule has 0 fully saturated rings. The van der Waals surface area contributed by atoms with Crippen LogP contribution >= 0.6 is 10.5 Å². The van der Waals surface area contributed by atoms with E-state index in [0.29, 0.717) is 6.79 Å². The van der Waals surface area contributed by atoms with Crippen LogP contribution in [0.1, 0.15) is 12.8 Å². The van der Waals surface area contributed by atoms with Crippen LogP contribution in [0.25, 0.3) is 0 Å². The molecule has 0 saturated carbocycles. The van der Waals surface area contributed by atoms with Gasteiger partial charge in [0.15, 0.2) is 0 Å². The van der Waals surface area contributed by atoms with Crippen LogP contribution < -0.4 is 5.32 Å². The molecule has 1 aliphatic heterocycles. The second-order valence-electron chi connectivity index (χ2n) is 4.18. The fraction of sp³-hybridized carbons (Fsp3) is 0.500. The van der Waals surface area contributed by atoms with E-state index in [9.17, 15) is 0 Å². The van der Waals surface area contributed by atoms with Gasteiger partial charge in [0.25, 0.3) is 0 Å². The minimum Gasteiger partial charge on any atom is -0.359 e. The van der Waals surface area contributed by atoms with Crippen LogP contribution in [-0.4, -0.2) is 37.8 Å². The Balaban J connectivity index is 1.89. The van der Waals surface area contributed by atoms with Gasteiger partial charge in [0.2, 0.25) is 0 Å². The molecule has 0 aliphatic carbocycles. The number of hydrogen-bond donors (Lipinski definition) is 1. The maximum atomic E-state index is 5.32. The standard InChI is InChI=1S/C14H21NO2S/c1-16-12-17-10-5-8-14-15-9-11-18(14)13-6-3-2-4-7-13/h2-4,6-7,15H,5,8-12H2,1H3. The molecule has 4 heteroatoms. The van der Waals surface area contributed by atoms with Crippen LogP contribution in [-0.2, 0) is 9.47 Å². The van der Waals surface area contributed by atoms with E-state index in [4.69, 9.17) is 9.47 Å². The Bertz CT molecular complexity index is 392. The van der Waals surface area contributed by atoms with E-state index in [2.05, 4.69) is 35.6 Å². The summed E-state index contributed by atoms with van der Waals surface area (Å²) in [6.07, 6.45) is 2.16. The molecule has 2 rings (SSSR count). The highest BCUT2D eigenvalue weighted by Gasteiger charge is 2.13. The summed E-state index contributed by atoms with van der Waals surface area (Å²) in [5, 5.41) is 3.54. The van der Waals surface area contributed by atoms with Crippen molar-refractivity contribution in [2.75, 3.05) is 32.8 Å². The van der Waals surface area contributed by atoms with E-state index in [1.165, 1.54) is 15.6 Å². The zero-order valence-electron chi connectivity index (χ0n) is 10.9. The molecule has 0 bridgehead atoms. The molecule has 100 valence electrons. The molecule has 0 amide bonds. The van der Waals surface area contributed by atoms with Crippen molar-refractivity contribution >= 4 is 15.5 Å². The molecule has 1 aromatic rings. The minimum absolute atomic E-state index is 0.283. The van der Waals surface area contributed by atoms with Gasteiger partial charge < -0.3 is 9.47 Å². The fourth-order valence-electron chi connectivity index (χ4n) is 2.04. The van der Waals surface area contributed by atoms with Crippen LogP contribution in [0.2, 0.25) is 0 Å². The summed E-state index contributed by atoms with van der Waals surface area (Å²) in [4.78, 5) is 2.94. The molecule has 1 heterocycles. The highest BCUT2D eigenvalue weighted by molar-refractivity contribution is 8.16. The average molecular weight is 267 g/mol. The van der Waals surface area contributed by atoms with Crippen molar-refractivity contribution in [1.29, 1.82) is 0 Å². The molecule has 3 nitrogen and oxygen atoms in total. The number of ether oxygens (including phenoxy) is 2. The summed E-state index contributed by atoms with van der Waals surface area (Å²) in [6, 6.07) is 10.8. The molecule has 1 aromatic carbocycles. The lowest BCUT2D eigenvalue weighted by Crippen LogP contribution is -2.18. The number of nitrogens with one attached hydrogen (secondary N) is 1. The number of benzene rings is 1. The zero-order chi connectivity index (χ0) is 12.6. The van der Waals surface area contributed by atoms with Gasteiger partial charge in [-0.3, -0.25) is 5.32 Å². The molecule has 1 atom stereocenters. The summed E-state index contributed by atoms with van der Waals surface area (Å²) in [5.41, 5.74) is 0. The number of rotatable bonds is 7. The van der Waals surface area contributed by atoms with Gasteiger partial charge in [-0.15, -0.1) is 10.5 Å². The lowest BCUT2D eigenvalue weighted by atomic mass is 10.3. The average Bonchev–Trinajstić information content (AvgIpc) is 2.88. The second-order valence-corrected chi connectivity index (χ2v) is 6.33. The van der Waals surface area contributed by atoms with E-state index in [1.807, 2.05) is 0 Å². The quantitative estimate of drug-likeness (QED) is 0.467. The van der Waals surface area contributed by atoms with Crippen LogP contribution in [0, 0.1) is 0 Å². The van der Waals surface area contributed by atoms with E-state index >= 15 is 0 Å². The Morgan fingerprint density at radius 2 is 2.11 bits per heavy atom. The van der Waals surface area contributed by atoms with E-state index in [-0.39, 0.29) is 10.5 Å². The first-order chi connectivity index (χ1) is 8.92. The van der Waals surface area contributed by atoms with Crippen molar-refractivity contribution in [3.63, 3.8) is 0 Å². The predicted molar refractivity (Wildman–Crippen MR) is 77.2 cm³/mol. The fourth-order valence-corrected chi connectivity index (χ4v) is 4.26. The molecule has 0 radical (unpaired) electrons. The van der Waals surface area contributed by atoms with Crippen molar-refractivity contribution in [1.82, 2.24) is 5.32 Å². The van der Waals surface area contributed by atoms with Gasteiger partial charge in [-0.1, -0.05) is 18.2 Å². The second kappa shape index (κ2) is 7.69. The van der Waals surface area contributed by atoms with E-state index in [0.717, 1.165) is 26.0 Å². The normalized spacial score (nSPS) is 19.4. The predicted octanol–water partition coefficient (Wildman–Crippen LogP) is 2.45. The van der Waals surface area contributed by atoms with Crippen molar-refractivity contribution < 1.29 is 9.47 Å². The van der Waals surface area contributed by atoms with Crippen LogP contribution in [0.15, 0.2) is 35.2 Å². The molecule has 1 unspecified atom stereocenters. The Morgan fingerprint density at radius 1 is 1.28 bits per heavy atom. The van der Waals surface area contributed by atoms with Gasteiger partial charge in [-0.25, -0.2) is 0 Å². The third kappa shape index (κ3) is 3.92. The molecule has 0 saturated heterocycles. The van der Waals surface area contributed by atoms with Gasteiger partial charge in [0.05, 0.1) is 0 Å². The third-order valence-electron chi connectivity index (χ3n) is 2.85. The van der Waals surface area contributed by atoms with E-state index < -0.39 is 0 Å². The maximum absolute atomic E-state index is 5.32. The molecule has 18 heavy (non-hydrogen) atoms. The zero-order valence-corrected chi connectivity index (χ0v) is 11.7. The monoisotopic (exact) mass is 267 g/mol. The van der Waals surface area contributed by atoms with Crippen molar-refractivity contribution in [2.45, 2.75) is 17.7 Å².